The molecule has 2 fully saturated rings. The van der Waals surface area contributed by atoms with E-state index in [0.717, 1.165) is 12.8 Å². The van der Waals surface area contributed by atoms with Gasteiger partial charge in [-0.3, -0.25) is 10.1 Å². The van der Waals surface area contributed by atoms with E-state index in [4.69, 9.17) is 0 Å². The van der Waals surface area contributed by atoms with E-state index in [2.05, 4.69) is 10.6 Å². The first-order valence-corrected chi connectivity index (χ1v) is 3.39. The van der Waals surface area contributed by atoms with Crippen molar-refractivity contribution in [2.45, 2.75) is 18.9 Å². The van der Waals surface area contributed by atoms with Crippen molar-refractivity contribution in [3.63, 3.8) is 0 Å². The Morgan fingerprint density at radius 3 is 2.40 bits per heavy atom. The first-order chi connectivity index (χ1) is 4.77. The van der Waals surface area contributed by atoms with Gasteiger partial charge in [0.25, 0.3) is 5.91 Å². The van der Waals surface area contributed by atoms with Crippen molar-refractivity contribution in [1.29, 1.82) is 0 Å². The highest BCUT2D eigenvalue weighted by atomic mass is 16.2. The maximum atomic E-state index is 10.9. The molecular weight excluding hydrogens is 132 g/mol. The molecule has 54 valence electrons. The molecule has 0 unspecified atom stereocenters. The van der Waals surface area contributed by atoms with E-state index in [0.29, 0.717) is 5.92 Å². The van der Waals surface area contributed by atoms with Gasteiger partial charge >= 0.3 is 6.03 Å². The minimum Gasteiger partial charge on any atom is -0.326 e. The van der Waals surface area contributed by atoms with Crippen LogP contribution in [0.25, 0.3) is 0 Å². The van der Waals surface area contributed by atoms with Gasteiger partial charge in [-0.25, -0.2) is 4.79 Å². The van der Waals surface area contributed by atoms with Gasteiger partial charge in [0.15, 0.2) is 0 Å². The Balaban J connectivity index is 2.08. The average molecular weight is 140 g/mol. The fraction of sp³-hybridized carbons (Fsp3) is 0.667. The van der Waals surface area contributed by atoms with Gasteiger partial charge in [0.1, 0.15) is 6.04 Å². The molecule has 2 aliphatic rings. The van der Waals surface area contributed by atoms with Crippen molar-refractivity contribution in [2.24, 2.45) is 5.92 Å². The summed E-state index contributed by atoms with van der Waals surface area (Å²) < 4.78 is 0. The number of hydrogen-bond donors (Lipinski definition) is 2. The molecule has 2 rings (SSSR count). The van der Waals surface area contributed by atoms with Gasteiger partial charge in [-0.2, -0.15) is 0 Å². The Bertz CT molecular complexity index is 198. The molecule has 10 heavy (non-hydrogen) atoms. The van der Waals surface area contributed by atoms with Crippen molar-refractivity contribution in [1.82, 2.24) is 10.6 Å². The number of carbonyl (C=O) groups excluding carboxylic acids is 2. The summed E-state index contributed by atoms with van der Waals surface area (Å²) >= 11 is 0. The van der Waals surface area contributed by atoms with Crippen LogP contribution in [0.3, 0.4) is 0 Å². The molecule has 0 aromatic rings. The van der Waals surface area contributed by atoms with Gasteiger partial charge < -0.3 is 5.32 Å². The monoisotopic (exact) mass is 140 g/mol. The summed E-state index contributed by atoms with van der Waals surface area (Å²) in [6.45, 7) is 0. The molecule has 0 bridgehead atoms. The van der Waals surface area contributed by atoms with E-state index in [9.17, 15) is 9.59 Å². The molecule has 2 N–H and O–H groups in total. The van der Waals surface area contributed by atoms with Crippen LogP contribution in [0.15, 0.2) is 0 Å². The number of urea groups is 1. The highest BCUT2D eigenvalue weighted by molar-refractivity contribution is 6.04. The maximum absolute atomic E-state index is 10.9. The first-order valence-electron chi connectivity index (χ1n) is 3.39. The predicted octanol–water partition coefficient (Wildman–Crippen LogP) is -0.396. The largest absolute Gasteiger partial charge is 0.326 e. The lowest BCUT2D eigenvalue weighted by Crippen LogP contribution is -2.30. The topological polar surface area (TPSA) is 58.2 Å². The zero-order chi connectivity index (χ0) is 7.14. The Labute approximate surface area is 58.0 Å². The fourth-order valence-electron chi connectivity index (χ4n) is 1.19. The lowest BCUT2D eigenvalue weighted by molar-refractivity contribution is -0.120. The molecule has 3 amide bonds. The summed E-state index contributed by atoms with van der Waals surface area (Å²) in [6.07, 6.45) is 2.14. The van der Waals surface area contributed by atoms with Crippen LogP contribution in [0.4, 0.5) is 4.79 Å². The Morgan fingerprint density at radius 1 is 1.30 bits per heavy atom. The second-order valence-electron chi connectivity index (χ2n) is 2.78. The summed E-state index contributed by atoms with van der Waals surface area (Å²) in [5.74, 6) is 0.249. The Kier molecular flexibility index (Phi) is 0.977. The average Bonchev–Trinajstić information content (AvgIpc) is 2.61. The summed E-state index contributed by atoms with van der Waals surface area (Å²) in [4.78, 5) is 21.4. The minimum absolute atomic E-state index is 0.160. The zero-order valence-electron chi connectivity index (χ0n) is 5.39. The predicted molar refractivity (Wildman–Crippen MR) is 33.2 cm³/mol. The van der Waals surface area contributed by atoms with E-state index >= 15 is 0 Å². The second-order valence-corrected chi connectivity index (χ2v) is 2.78. The van der Waals surface area contributed by atoms with Crippen LogP contribution in [0.2, 0.25) is 0 Å². The van der Waals surface area contributed by atoms with Crippen molar-refractivity contribution >= 4 is 11.9 Å². The number of nitrogens with one attached hydrogen (secondary N) is 2. The molecule has 0 aromatic heterocycles. The third-order valence-corrected chi connectivity index (χ3v) is 1.90. The molecule has 4 nitrogen and oxygen atoms in total. The second kappa shape index (κ2) is 1.71. The summed E-state index contributed by atoms with van der Waals surface area (Å²) in [6, 6.07) is -0.575. The molecular formula is C6H8N2O2. The zero-order valence-corrected chi connectivity index (χ0v) is 5.39. The standard InChI is InChI=1S/C6H8N2O2/c9-5-4(3-1-2-3)7-6(10)8-5/h3-4H,1-2H2,(H2,7,8,9,10)/t4-/m0/s1. The van der Waals surface area contributed by atoms with Crippen molar-refractivity contribution < 1.29 is 9.59 Å². The van der Waals surface area contributed by atoms with Crippen LogP contribution < -0.4 is 10.6 Å². The van der Waals surface area contributed by atoms with E-state index < -0.39 is 0 Å². The van der Waals surface area contributed by atoms with Crippen LogP contribution in [-0.4, -0.2) is 18.0 Å². The van der Waals surface area contributed by atoms with Crippen LogP contribution in [0.5, 0.6) is 0 Å². The molecule has 0 radical (unpaired) electrons. The molecule has 1 aliphatic carbocycles. The number of hydrogen-bond acceptors (Lipinski definition) is 2. The highest BCUT2D eigenvalue weighted by Gasteiger charge is 2.41. The van der Waals surface area contributed by atoms with E-state index in [1.165, 1.54) is 0 Å². The molecule has 0 spiro atoms. The molecule has 1 saturated heterocycles. The third-order valence-electron chi connectivity index (χ3n) is 1.90. The van der Waals surface area contributed by atoms with Gasteiger partial charge in [0.05, 0.1) is 0 Å². The van der Waals surface area contributed by atoms with Crippen LogP contribution in [-0.2, 0) is 4.79 Å². The number of carbonyl (C=O) groups is 2. The minimum atomic E-state index is -0.345. The number of imide groups is 1. The normalized spacial score (nSPS) is 31.8. The van der Waals surface area contributed by atoms with Gasteiger partial charge in [-0.15, -0.1) is 0 Å². The van der Waals surface area contributed by atoms with Gasteiger partial charge in [-0.1, -0.05) is 0 Å². The third kappa shape index (κ3) is 0.761. The number of amides is 3. The van der Waals surface area contributed by atoms with Crippen LogP contribution >= 0.6 is 0 Å². The van der Waals surface area contributed by atoms with E-state index in [1.807, 2.05) is 0 Å². The number of rotatable bonds is 1. The van der Waals surface area contributed by atoms with E-state index in [-0.39, 0.29) is 18.0 Å². The van der Waals surface area contributed by atoms with Crippen molar-refractivity contribution in [2.75, 3.05) is 0 Å². The van der Waals surface area contributed by atoms with Crippen LogP contribution in [0.1, 0.15) is 12.8 Å². The molecule has 1 heterocycles. The maximum Gasteiger partial charge on any atom is 0.322 e. The van der Waals surface area contributed by atoms with Gasteiger partial charge in [-0.05, 0) is 18.8 Å². The van der Waals surface area contributed by atoms with Crippen molar-refractivity contribution in [3.8, 4) is 0 Å². The lowest BCUT2D eigenvalue weighted by Gasteiger charge is -2.01. The van der Waals surface area contributed by atoms with E-state index in [1.54, 1.807) is 0 Å². The molecule has 1 saturated carbocycles. The molecule has 0 aromatic carbocycles. The SMILES string of the molecule is O=C1NC(=O)[C@H](C2CC2)N1. The Morgan fingerprint density at radius 2 is 2.00 bits per heavy atom. The Hall–Kier alpha value is -1.06. The summed E-state index contributed by atoms with van der Waals surface area (Å²) in [5, 5.41) is 4.77. The van der Waals surface area contributed by atoms with Crippen LogP contribution in [0, 0.1) is 5.92 Å². The lowest BCUT2D eigenvalue weighted by atomic mass is 10.2. The van der Waals surface area contributed by atoms with Crippen molar-refractivity contribution in [3.05, 3.63) is 0 Å². The summed E-state index contributed by atoms with van der Waals surface area (Å²) in [5.41, 5.74) is 0. The fourth-order valence-corrected chi connectivity index (χ4v) is 1.19. The summed E-state index contributed by atoms with van der Waals surface area (Å²) in [7, 11) is 0. The molecule has 1 atom stereocenters. The molecule has 1 aliphatic heterocycles. The van der Waals surface area contributed by atoms with Gasteiger partial charge in [0, 0.05) is 0 Å². The quantitative estimate of drug-likeness (QED) is 0.487. The van der Waals surface area contributed by atoms with Gasteiger partial charge in [0.2, 0.25) is 0 Å². The smallest absolute Gasteiger partial charge is 0.322 e. The highest BCUT2D eigenvalue weighted by Crippen LogP contribution is 2.33. The first kappa shape index (κ1) is 5.70. The molecule has 4 heteroatoms.